The molecule has 1 aliphatic rings. The number of fused-ring (bicyclic) bond motifs is 2. The van der Waals surface area contributed by atoms with E-state index in [9.17, 15) is 4.39 Å². The third-order valence-electron chi connectivity index (χ3n) is 8.85. The Labute approximate surface area is 286 Å². The summed E-state index contributed by atoms with van der Waals surface area (Å²) in [6.45, 7) is 4.07. The molecule has 1 aliphatic heterocycles. The molecule has 8 aromatic rings. The van der Waals surface area contributed by atoms with Gasteiger partial charge in [-0.25, -0.2) is 14.4 Å². The summed E-state index contributed by atoms with van der Waals surface area (Å²) < 4.78 is 19.1. The average Bonchev–Trinajstić information content (AvgIpc) is 4.00. The first-order chi connectivity index (χ1) is 24.7. The zero-order valence-corrected chi connectivity index (χ0v) is 27.1. The van der Waals surface area contributed by atoms with Gasteiger partial charge in [-0.2, -0.15) is 20.4 Å². The Hall–Kier alpha value is -6.21. The first-order valence-corrected chi connectivity index (χ1v) is 16.6. The van der Waals surface area contributed by atoms with Gasteiger partial charge in [0.25, 0.3) is 0 Å². The molecular formula is C37H34FN11O. The van der Waals surface area contributed by atoms with Crippen LogP contribution in [0.15, 0.2) is 97.6 Å². The lowest BCUT2D eigenvalue weighted by atomic mass is 10.1. The van der Waals surface area contributed by atoms with Crippen LogP contribution in [0, 0.1) is 5.82 Å². The molecule has 0 saturated carbocycles. The first-order valence-electron chi connectivity index (χ1n) is 16.6. The summed E-state index contributed by atoms with van der Waals surface area (Å²) in [7, 11) is 0. The summed E-state index contributed by atoms with van der Waals surface area (Å²) in [6, 6.07) is 26.4. The fourth-order valence-electron chi connectivity index (χ4n) is 6.27. The number of nitrogens with one attached hydrogen (secondary N) is 4. The molecular weight excluding hydrogens is 633 g/mol. The topological polar surface area (TPSA) is 153 Å². The third kappa shape index (κ3) is 6.71. The first kappa shape index (κ1) is 31.1. The monoisotopic (exact) mass is 667 g/mol. The number of rotatable bonds is 8. The molecule has 0 radical (unpaired) electrons. The molecule has 5 heterocycles. The minimum Gasteiger partial charge on any atom is -0.492 e. The van der Waals surface area contributed by atoms with Crippen LogP contribution in [0.3, 0.4) is 0 Å². The van der Waals surface area contributed by atoms with Crippen molar-refractivity contribution in [1.82, 2.24) is 55.7 Å². The number of ether oxygens (including phenoxy) is 1. The van der Waals surface area contributed by atoms with Gasteiger partial charge in [-0.1, -0.05) is 18.6 Å². The minimum absolute atomic E-state index is 0.263. The van der Waals surface area contributed by atoms with Crippen LogP contribution in [-0.2, 0) is 0 Å². The van der Waals surface area contributed by atoms with Crippen LogP contribution < -0.4 is 4.74 Å². The highest BCUT2D eigenvalue weighted by atomic mass is 19.1. The van der Waals surface area contributed by atoms with Gasteiger partial charge in [0.15, 0.2) is 11.6 Å². The Morgan fingerprint density at radius 1 is 0.620 bits per heavy atom. The van der Waals surface area contributed by atoms with Crippen LogP contribution in [0.2, 0.25) is 0 Å². The van der Waals surface area contributed by atoms with Gasteiger partial charge in [-0.15, -0.1) is 0 Å². The van der Waals surface area contributed by atoms with E-state index < -0.39 is 0 Å². The highest BCUT2D eigenvalue weighted by Gasteiger charge is 2.14. The van der Waals surface area contributed by atoms with Crippen molar-refractivity contribution in [3.8, 4) is 51.0 Å². The summed E-state index contributed by atoms with van der Waals surface area (Å²) in [6.07, 6.45) is 6.95. The van der Waals surface area contributed by atoms with Crippen molar-refractivity contribution in [2.75, 3.05) is 26.2 Å². The van der Waals surface area contributed by atoms with Crippen LogP contribution in [-0.4, -0.2) is 81.9 Å². The number of H-pyrrole nitrogens is 4. The minimum atomic E-state index is -0.263. The number of hydrogen-bond acceptors (Lipinski definition) is 8. The molecule has 0 unspecified atom stereocenters. The van der Waals surface area contributed by atoms with Gasteiger partial charge in [-0.3, -0.25) is 25.3 Å². The molecule has 250 valence electrons. The number of hydrogen-bond donors (Lipinski definition) is 4. The van der Waals surface area contributed by atoms with Crippen LogP contribution in [0.1, 0.15) is 19.3 Å². The van der Waals surface area contributed by atoms with Crippen molar-refractivity contribution in [1.29, 1.82) is 0 Å². The second kappa shape index (κ2) is 14.1. The van der Waals surface area contributed by atoms with Crippen LogP contribution in [0.5, 0.6) is 5.75 Å². The van der Waals surface area contributed by atoms with E-state index in [0.717, 1.165) is 73.6 Å². The molecule has 0 aliphatic carbocycles. The number of nitrogens with zero attached hydrogens (tertiary/aromatic N) is 7. The molecule has 9 rings (SSSR count). The van der Waals surface area contributed by atoms with E-state index in [0.29, 0.717) is 12.4 Å². The largest absolute Gasteiger partial charge is 0.492 e. The van der Waals surface area contributed by atoms with Gasteiger partial charge in [0.1, 0.15) is 36.5 Å². The molecule has 0 bridgehead atoms. The zero-order valence-electron chi connectivity index (χ0n) is 27.1. The number of halogens is 1. The van der Waals surface area contributed by atoms with E-state index in [-0.39, 0.29) is 5.82 Å². The van der Waals surface area contributed by atoms with Gasteiger partial charge in [0.05, 0.1) is 16.7 Å². The Balaban J connectivity index is 0.000000152. The maximum absolute atomic E-state index is 13.0. The molecule has 12 nitrogen and oxygen atoms in total. The second-order valence-corrected chi connectivity index (χ2v) is 12.1. The average molecular weight is 668 g/mol. The van der Waals surface area contributed by atoms with Crippen LogP contribution in [0.25, 0.3) is 67.1 Å². The quantitative estimate of drug-likeness (QED) is 0.135. The summed E-state index contributed by atoms with van der Waals surface area (Å²) in [4.78, 5) is 10.9. The van der Waals surface area contributed by atoms with Crippen molar-refractivity contribution >= 4 is 21.8 Å². The van der Waals surface area contributed by atoms with Crippen molar-refractivity contribution in [3.63, 3.8) is 0 Å². The zero-order chi connectivity index (χ0) is 33.7. The standard InChI is InChI=1S/C22H24N6O.C15H10FN5/c1-2-9-28(10-3-1)11-12-29-18-6-4-5-16(13-18)21-19-14-17(22-23-15-24-27-22)7-8-20(19)25-26-21;16-11-4-1-9(2-5-11)14-12-7-10(15-17-8-18-21-15)3-6-13(12)19-20-14/h4-8,13-15H,1-3,9-12H2,(H,25,26)(H,23,24,27);1-8H,(H,19,20)(H,17,18,21). The SMILES string of the molecule is Fc1ccc(-c2n[nH]c3ccc(-c4ncn[nH]4)cc23)cc1.c1cc(OCCN2CCCCC2)cc(-c2n[nH]c3ccc(-c4ncn[nH]4)cc23)c1. The molecule has 13 heteroatoms. The fraction of sp³-hybridized carbons (Fsp3) is 0.189. The Morgan fingerprint density at radius 2 is 1.22 bits per heavy atom. The van der Waals surface area contributed by atoms with E-state index >= 15 is 0 Å². The molecule has 1 fully saturated rings. The molecule has 4 aromatic carbocycles. The van der Waals surface area contributed by atoms with E-state index in [2.05, 4.69) is 73.9 Å². The summed E-state index contributed by atoms with van der Waals surface area (Å²) in [5, 5.41) is 30.5. The number of aromatic amines is 4. The molecule has 1 saturated heterocycles. The van der Waals surface area contributed by atoms with E-state index in [4.69, 9.17) is 4.74 Å². The number of benzene rings is 4. The lowest BCUT2D eigenvalue weighted by molar-refractivity contribution is 0.183. The predicted octanol–water partition coefficient (Wildman–Crippen LogP) is 7.03. The molecule has 50 heavy (non-hydrogen) atoms. The Bertz CT molecular complexity index is 2310. The molecule has 4 N–H and O–H groups in total. The van der Waals surface area contributed by atoms with Crippen LogP contribution in [0.4, 0.5) is 4.39 Å². The van der Waals surface area contributed by atoms with Crippen molar-refractivity contribution in [3.05, 3.63) is 103 Å². The Kier molecular flexibility index (Phi) is 8.77. The lowest BCUT2D eigenvalue weighted by Crippen LogP contribution is -2.33. The summed E-state index contributed by atoms with van der Waals surface area (Å²) in [5.41, 5.74) is 7.38. The second-order valence-electron chi connectivity index (χ2n) is 12.1. The maximum atomic E-state index is 13.0. The van der Waals surface area contributed by atoms with Gasteiger partial charge in [-0.05, 0) is 98.7 Å². The van der Waals surface area contributed by atoms with E-state index in [1.54, 1.807) is 12.1 Å². The van der Waals surface area contributed by atoms with E-state index in [1.807, 2.05) is 42.5 Å². The molecule has 4 aromatic heterocycles. The number of likely N-dealkylation sites (tertiary alicyclic amines) is 1. The number of piperidine rings is 1. The van der Waals surface area contributed by atoms with Gasteiger partial charge >= 0.3 is 0 Å². The van der Waals surface area contributed by atoms with Gasteiger partial charge < -0.3 is 4.74 Å². The fourth-order valence-corrected chi connectivity index (χ4v) is 6.27. The highest BCUT2D eigenvalue weighted by molar-refractivity contribution is 5.96. The lowest BCUT2D eigenvalue weighted by Gasteiger charge is -2.26. The predicted molar refractivity (Wildman–Crippen MR) is 190 cm³/mol. The molecule has 0 atom stereocenters. The van der Waals surface area contributed by atoms with Gasteiger partial charge in [0, 0.05) is 39.6 Å². The van der Waals surface area contributed by atoms with Crippen LogP contribution >= 0.6 is 0 Å². The van der Waals surface area contributed by atoms with Crippen molar-refractivity contribution < 1.29 is 9.13 Å². The normalized spacial score (nSPS) is 13.4. The summed E-state index contributed by atoms with van der Waals surface area (Å²) >= 11 is 0. The molecule has 0 spiro atoms. The van der Waals surface area contributed by atoms with E-state index in [1.165, 1.54) is 57.1 Å². The summed E-state index contributed by atoms with van der Waals surface area (Å²) in [5.74, 6) is 2.06. The smallest absolute Gasteiger partial charge is 0.155 e. The third-order valence-corrected chi connectivity index (χ3v) is 8.85. The van der Waals surface area contributed by atoms with Crippen molar-refractivity contribution in [2.45, 2.75) is 19.3 Å². The number of aromatic nitrogens is 10. The Morgan fingerprint density at radius 3 is 1.82 bits per heavy atom. The highest BCUT2D eigenvalue weighted by Crippen LogP contribution is 2.32. The maximum Gasteiger partial charge on any atom is 0.155 e. The van der Waals surface area contributed by atoms with Gasteiger partial charge in [0.2, 0.25) is 0 Å². The van der Waals surface area contributed by atoms with Crippen molar-refractivity contribution in [2.24, 2.45) is 0 Å². The molecule has 0 amide bonds.